The van der Waals surface area contributed by atoms with Crippen molar-refractivity contribution in [2.45, 2.75) is 56.9 Å². The number of aliphatic hydroxyl groups excluding tert-OH is 1. The van der Waals surface area contributed by atoms with Gasteiger partial charge in [-0.3, -0.25) is 0 Å². The maximum absolute atomic E-state index is 13.3. The van der Waals surface area contributed by atoms with Crippen molar-refractivity contribution in [3.8, 4) is 0 Å². The Labute approximate surface area is 157 Å². The first-order valence-corrected chi connectivity index (χ1v) is 8.81. The third kappa shape index (κ3) is 4.06. The molecule has 1 aromatic carbocycles. The van der Waals surface area contributed by atoms with E-state index < -0.39 is 40.7 Å². The van der Waals surface area contributed by atoms with Crippen LogP contribution in [0.25, 0.3) is 6.08 Å². The fourth-order valence-corrected chi connectivity index (χ4v) is 3.72. The van der Waals surface area contributed by atoms with Crippen molar-refractivity contribution < 1.29 is 41.2 Å². The number of hydrogen-bond donors (Lipinski definition) is 1. The van der Waals surface area contributed by atoms with Crippen LogP contribution >= 0.6 is 0 Å². The first kappa shape index (κ1) is 21.1. The van der Waals surface area contributed by atoms with Gasteiger partial charge >= 0.3 is 12.4 Å². The Bertz CT molecular complexity index is 755. The van der Waals surface area contributed by atoms with Gasteiger partial charge in [-0.25, -0.2) is 9.78 Å². The van der Waals surface area contributed by atoms with Gasteiger partial charge in [0.15, 0.2) is 0 Å². The molecule has 2 fully saturated rings. The Hall–Kier alpha value is -1.58. The van der Waals surface area contributed by atoms with Gasteiger partial charge in [0.1, 0.15) is 5.60 Å². The maximum atomic E-state index is 13.3. The lowest BCUT2D eigenvalue weighted by Gasteiger charge is -2.48. The summed E-state index contributed by atoms with van der Waals surface area (Å²) in [6.45, 7) is 3.44. The Kier molecular flexibility index (Phi) is 5.31. The second-order valence-corrected chi connectivity index (χ2v) is 7.63. The van der Waals surface area contributed by atoms with Crippen LogP contribution in [-0.2, 0) is 22.1 Å². The van der Waals surface area contributed by atoms with E-state index in [2.05, 4.69) is 0 Å². The highest BCUT2D eigenvalue weighted by molar-refractivity contribution is 5.57. The molecule has 1 aromatic rings. The van der Waals surface area contributed by atoms with Crippen LogP contribution in [0.4, 0.5) is 26.3 Å². The van der Waals surface area contributed by atoms with E-state index in [4.69, 9.17) is 9.78 Å². The van der Waals surface area contributed by atoms with Gasteiger partial charge in [-0.2, -0.15) is 26.3 Å². The molecule has 1 aliphatic carbocycles. The van der Waals surface area contributed by atoms with Gasteiger partial charge in [0.25, 0.3) is 0 Å². The predicted molar refractivity (Wildman–Crippen MR) is 87.7 cm³/mol. The topological polar surface area (TPSA) is 38.7 Å². The minimum Gasteiger partial charge on any atom is -0.393 e. The lowest BCUT2D eigenvalue weighted by Crippen LogP contribution is -2.53. The minimum atomic E-state index is -4.95. The first-order valence-electron chi connectivity index (χ1n) is 8.81. The molecule has 2 bridgehead atoms. The summed E-state index contributed by atoms with van der Waals surface area (Å²) < 4.78 is 78.2. The maximum Gasteiger partial charge on any atom is 0.417 e. The zero-order valence-electron chi connectivity index (χ0n) is 15.1. The molecule has 1 saturated carbocycles. The molecular formula is C19H20F6O3. The molecular weight excluding hydrogens is 390 g/mol. The number of benzene rings is 1. The molecule has 28 heavy (non-hydrogen) atoms. The van der Waals surface area contributed by atoms with Crippen LogP contribution in [-0.4, -0.2) is 22.9 Å². The molecule has 3 rings (SSSR count). The highest BCUT2D eigenvalue weighted by Crippen LogP contribution is 2.45. The largest absolute Gasteiger partial charge is 0.417 e. The molecule has 1 saturated heterocycles. The fourth-order valence-electron chi connectivity index (χ4n) is 3.72. The molecule has 1 N–H and O–H groups in total. The smallest absolute Gasteiger partial charge is 0.393 e. The van der Waals surface area contributed by atoms with E-state index in [1.807, 2.05) is 6.92 Å². The Morgan fingerprint density at radius 2 is 1.79 bits per heavy atom. The molecule has 2 aliphatic rings. The average Bonchev–Trinajstić information content (AvgIpc) is 2.59. The molecule has 0 radical (unpaired) electrons. The van der Waals surface area contributed by atoms with Crippen LogP contribution in [0.3, 0.4) is 0 Å². The van der Waals surface area contributed by atoms with Crippen LogP contribution in [0.15, 0.2) is 24.3 Å². The summed E-state index contributed by atoms with van der Waals surface area (Å²) in [6.07, 6.45) is -7.36. The molecule has 156 valence electrons. The molecule has 0 spiro atoms. The first-order chi connectivity index (χ1) is 12.8. The summed E-state index contributed by atoms with van der Waals surface area (Å²) in [7, 11) is 0. The minimum absolute atomic E-state index is 0.0995. The quantitative estimate of drug-likeness (QED) is 0.536. The zero-order chi connectivity index (χ0) is 20.9. The van der Waals surface area contributed by atoms with E-state index in [-0.39, 0.29) is 24.0 Å². The van der Waals surface area contributed by atoms with E-state index in [9.17, 15) is 31.4 Å². The van der Waals surface area contributed by atoms with Gasteiger partial charge in [-0.05, 0) is 49.5 Å². The highest BCUT2D eigenvalue weighted by atomic mass is 19.4. The third-order valence-electron chi connectivity index (χ3n) is 5.68. The van der Waals surface area contributed by atoms with Gasteiger partial charge in [0.05, 0.1) is 23.3 Å². The fraction of sp³-hybridized carbons (Fsp3) is 0.579. The second kappa shape index (κ2) is 7.03. The summed E-state index contributed by atoms with van der Waals surface area (Å²) in [4.78, 5) is 10.7. The van der Waals surface area contributed by atoms with Crippen LogP contribution < -0.4 is 0 Å². The third-order valence-corrected chi connectivity index (χ3v) is 5.68. The van der Waals surface area contributed by atoms with Crippen molar-refractivity contribution in [3.05, 3.63) is 41.0 Å². The van der Waals surface area contributed by atoms with E-state index in [1.165, 1.54) is 6.08 Å². The van der Waals surface area contributed by atoms with E-state index in [0.717, 1.165) is 12.1 Å². The van der Waals surface area contributed by atoms with Gasteiger partial charge in [0, 0.05) is 5.92 Å². The summed E-state index contributed by atoms with van der Waals surface area (Å²) >= 11 is 0. The molecule has 9 heteroatoms. The van der Waals surface area contributed by atoms with Crippen LogP contribution in [0.5, 0.6) is 0 Å². The molecule has 3 nitrogen and oxygen atoms in total. The highest BCUT2D eigenvalue weighted by Gasteiger charge is 2.48. The summed E-state index contributed by atoms with van der Waals surface area (Å²) in [5.74, 6) is -0.325. The van der Waals surface area contributed by atoms with Gasteiger partial charge in [-0.1, -0.05) is 19.1 Å². The van der Waals surface area contributed by atoms with Gasteiger partial charge < -0.3 is 5.11 Å². The lowest BCUT2D eigenvalue weighted by atomic mass is 9.71. The standard InChI is InChI=1S/C19H20F6O3/c1-10-15(26)8-13-9-16(10)27-28-17(13,2)6-5-11-3-4-12(18(20,21)22)7-14(11)19(23,24)25/h3-7,10,13,15-16,26H,8-9H2,1-2H3/b6-5-/t10-,13?,15?,16+,17+/m1/s1. The summed E-state index contributed by atoms with van der Waals surface area (Å²) in [5, 5.41) is 10.1. The van der Waals surface area contributed by atoms with Crippen LogP contribution in [0.1, 0.15) is 43.4 Å². The molecule has 2 unspecified atom stereocenters. The number of hydrogen-bond acceptors (Lipinski definition) is 3. The second-order valence-electron chi connectivity index (χ2n) is 7.63. The number of alkyl halides is 6. The van der Waals surface area contributed by atoms with Crippen molar-refractivity contribution in [3.63, 3.8) is 0 Å². The molecule has 0 amide bonds. The van der Waals surface area contributed by atoms with Crippen molar-refractivity contribution in [1.29, 1.82) is 0 Å². The Morgan fingerprint density at radius 1 is 1.11 bits per heavy atom. The van der Waals surface area contributed by atoms with E-state index >= 15 is 0 Å². The van der Waals surface area contributed by atoms with Crippen LogP contribution in [0, 0.1) is 11.8 Å². The number of aliphatic hydroxyl groups is 1. The molecule has 1 heterocycles. The summed E-state index contributed by atoms with van der Waals surface area (Å²) in [5.41, 5.74) is -4.26. The van der Waals surface area contributed by atoms with Crippen LogP contribution in [0.2, 0.25) is 0 Å². The number of fused-ring (bicyclic) bond motifs is 2. The van der Waals surface area contributed by atoms with E-state index in [0.29, 0.717) is 18.9 Å². The van der Waals surface area contributed by atoms with Gasteiger partial charge in [0.2, 0.25) is 0 Å². The summed E-state index contributed by atoms with van der Waals surface area (Å²) in [6, 6.07) is 1.50. The van der Waals surface area contributed by atoms with Gasteiger partial charge in [-0.15, -0.1) is 0 Å². The van der Waals surface area contributed by atoms with Crippen molar-refractivity contribution >= 4 is 6.08 Å². The Morgan fingerprint density at radius 3 is 2.39 bits per heavy atom. The van der Waals surface area contributed by atoms with E-state index in [1.54, 1.807) is 6.92 Å². The Balaban J connectivity index is 1.91. The van der Waals surface area contributed by atoms with Crippen molar-refractivity contribution in [1.82, 2.24) is 0 Å². The SMILES string of the molecule is C[C@@H]1C(O)CC2C[C@@H]1OO[C@@]2(C)/C=C\c1ccc(C(F)(F)F)cc1C(F)(F)F. The molecule has 5 atom stereocenters. The monoisotopic (exact) mass is 410 g/mol. The average molecular weight is 410 g/mol. The zero-order valence-corrected chi connectivity index (χ0v) is 15.1. The molecule has 1 aliphatic heterocycles. The number of halogens is 6. The normalized spacial score (nSPS) is 34.0. The lowest BCUT2D eigenvalue weighted by molar-refractivity contribution is -0.426. The molecule has 0 aromatic heterocycles. The predicted octanol–water partition coefficient (Wildman–Crippen LogP) is 5.23. The number of rotatable bonds is 2. The van der Waals surface area contributed by atoms with Crippen molar-refractivity contribution in [2.24, 2.45) is 11.8 Å². The van der Waals surface area contributed by atoms with Crippen molar-refractivity contribution in [2.75, 3.05) is 0 Å².